The van der Waals surface area contributed by atoms with Gasteiger partial charge in [0.1, 0.15) is 0 Å². The van der Waals surface area contributed by atoms with Crippen LogP contribution in [0.25, 0.3) is 21.5 Å². The zero-order valence-corrected chi connectivity index (χ0v) is 34.3. The van der Waals surface area contributed by atoms with Crippen LogP contribution in [-0.4, -0.2) is 3.21 Å². The molecule has 0 aliphatic heterocycles. The van der Waals surface area contributed by atoms with Crippen LogP contribution in [0.2, 0.25) is 0 Å². The molecule has 1 aliphatic rings. The summed E-state index contributed by atoms with van der Waals surface area (Å²) in [4.78, 5) is 0. The van der Waals surface area contributed by atoms with Gasteiger partial charge < -0.3 is 24.8 Å². The summed E-state index contributed by atoms with van der Waals surface area (Å²) in [5.41, 5.74) is 8.86. The van der Waals surface area contributed by atoms with Crippen LogP contribution >= 0.6 is 0 Å². The number of benzene rings is 4. The van der Waals surface area contributed by atoms with E-state index in [0.29, 0.717) is 5.92 Å². The van der Waals surface area contributed by atoms with Crippen molar-refractivity contribution in [2.45, 2.75) is 92.4 Å². The molecule has 252 valence electrons. The summed E-state index contributed by atoms with van der Waals surface area (Å²) >= 11 is 1.46. The zero-order chi connectivity index (χ0) is 33.5. The van der Waals surface area contributed by atoms with Gasteiger partial charge in [-0.25, -0.2) is 5.57 Å². The molecule has 0 fully saturated rings. The Morgan fingerprint density at radius 2 is 1.08 bits per heavy atom. The van der Waals surface area contributed by atoms with Crippen molar-refractivity contribution in [1.29, 1.82) is 0 Å². The van der Waals surface area contributed by atoms with Crippen LogP contribution in [0, 0.1) is 12.0 Å². The third-order valence-electron chi connectivity index (χ3n) is 8.89. The average Bonchev–Trinajstić information content (AvgIpc) is 3.65. The van der Waals surface area contributed by atoms with E-state index >= 15 is 0 Å². The van der Waals surface area contributed by atoms with Crippen molar-refractivity contribution in [3.8, 4) is 0 Å². The summed E-state index contributed by atoms with van der Waals surface area (Å²) < 4.78 is 1.42. The second kappa shape index (κ2) is 18.5. The number of halogens is 2. The van der Waals surface area contributed by atoms with E-state index < -0.39 is 0 Å². The van der Waals surface area contributed by atoms with E-state index in [1.165, 1.54) is 95.2 Å². The van der Waals surface area contributed by atoms with Crippen LogP contribution < -0.4 is 24.8 Å². The molecule has 0 nitrogen and oxygen atoms in total. The Morgan fingerprint density at radius 3 is 1.42 bits per heavy atom. The van der Waals surface area contributed by atoms with Gasteiger partial charge in [0, 0.05) is 0 Å². The van der Waals surface area contributed by atoms with Gasteiger partial charge in [0.05, 0.1) is 0 Å². The Kier molecular flexibility index (Phi) is 16.1. The first-order valence-electron chi connectivity index (χ1n) is 17.0. The quantitative estimate of drug-likeness (QED) is 0.177. The predicted octanol–water partition coefficient (Wildman–Crippen LogP) is 6.62. The Balaban J connectivity index is 0.000000260. The van der Waals surface area contributed by atoms with E-state index in [-0.39, 0.29) is 35.6 Å². The Labute approximate surface area is 318 Å². The van der Waals surface area contributed by atoms with Crippen molar-refractivity contribution in [3.05, 3.63) is 149 Å². The minimum absolute atomic E-state index is 0. The van der Waals surface area contributed by atoms with Gasteiger partial charge in [-0.1, -0.05) is 123 Å². The van der Waals surface area contributed by atoms with E-state index in [4.69, 9.17) is 0 Å². The Morgan fingerprint density at radius 1 is 0.646 bits per heavy atom. The Bertz CT molecular complexity index is 1680. The van der Waals surface area contributed by atoms with Crippen molar-refractivity contribution in [2.75, 3.05) is 0 Å². The minimum atomic E-state index is 0. The van der Waals surface area contributed by atoms with Gasteiger partial charge in [0.2, 0.25) is 0 Å². The van der Waals surface area contributed by atoms with Gasteiger partial charge in [-0.15, -0.1) is 39.7 Å². The van der Waals surface area contributed by atoms with Gasteiger partial charge in [0.15, 0.2) is 0 Å². The fourth-order valence-electron chi connectivity index (χ4n) is 5.91. The van der Waals surface area contributed by atoms with Crippen LogP contribution in [-0.2, 0) is 35.1 Å². The maximum absolute atomic E-state index is 3.52. The summed E-state index contributed by atoms with van der Waals surface area (Å²) in [5.74, 6) is 0.611. The molecule has 6 rings (SSSR count). The van der Waals surface area contributed by atoms with Crippen molar-refractivity contribution in [3.63, 3.8) is 0 Å². The maximum atomic E-state index is 3.52. The van der Waals surface area contributed by atoms with Crippen LogP contribution in [0.15, 0.2) is 120 Å². The number of rotatable bonds is 5. The normalized spacial score (nSPS) is 14.0. The van der Waals surface area contributed by atoms with E-state index in [1.54, 1.807) is 0 Å². The third-order valence-corrected chi connectivity index (χ3v) is 10.3. The second-order valence-corrected chi connectivity index (χ2v) is 15.6. The summed E-state index contributed by atoms with van der Waals surface area (Å²) in [7, 11) is 0. The molecular formula is C45H52Cl2Zr-2. The molecule has 3 heteroatoms. The molecule has 1 atom stereocenters. The van der Waals surface area contributed by atoms with Crippen LogP contribution in [0.4, 0.5) is 0 Å². The summed E-state index contributed by atoms with van der Waals surface area (Å²) in [6, 6.07) is 37.3. The molecule has 0 heterocycles. The summed E-state index contributed by atoms with van der Waals surface area (Å²) in [5, 5.41) is 5.48. The molecular weight excluding hydrogens is 703 g/mol. The third kappa shape index (κ3) is 10.8. The molecule has 0 bridgehead atoms. The van der Waals surface area contributed by atoms with Crippen molar-refractivity contribution >= 4 is 24.8 Å². The monoisotopic (exact) mass is 752 g/mol. The van der Waals surface area contributed by atoms with E-state index in [9.17, 15) is 0 Å². The number of hydrogen-bond acceptors (Lipinski definition) is 0. The predicted molar refractivity (Wildman–Crippen MR) is 200 cm³/mol. The molecule has 0 radical (unpaired) electrons. The topological polar surface area (TPSA) is 0 Å². The van der Waals surface area contributed by atoms with Gasteiger partial charge in [0.25, 0.3) is 0 Å². The number of hydrogen-bond donors (Lipinski definition) is 0. The van der Waals surface area contributed by atoms with E-state index in [2.05, 4.69) is 178 Å². The molecule has 5 aromatic rings. The number of fused-ring (bicyclic) bond motifs is 3. The van der Waals surface area contributed by atoms with Crippen LogP contribution in [0.5, 0.6) is 0 Å². The van der Waals surface area contributed by atoms with Gasteiger partial charge in [-0.3, -0.25) is 6.08 Å². The van der Waals surface area contributed by atoms with Gasteiger partial charge in [-0.05, 0) is 10.8 Å². The van der Waals surface area contributed by atoms with Gasteiger partial charge in [-0.2, -0.15) is 11.6 Å². The molecule has 0 saturated heterocycles. The molecule has 48 heavy (non-hydrogen) atoms. The fourth-order valence-corrected chi connectivity index (χ4v) is 6.73. The molecule has 5 aromatic carbocycles. The fraction of sp³-hybridized carbons (Fsp3) is 0.333. The Hall–Kier alpha value is -2.44. The van der Waals surface area contributed by atoms with E-state index in [1.807, 2.05) is 0 Å². The van der Waals surface area contributed by atoms with Crippen LogP contribution in [0.3, 0.4) is 0 Å². The molecule has 0 aromatic heterocycles. The summed E-state index contributed by atoms with van der Waals surface area (Å²) in [6.07, 6.45) is 9.41. The summed E-state index contributed by atoms with van der Waals surface area (Å²) in [6.45, 7) is 20.3. The van der Waals surface area contributed by atoms with Crippen molar-refractivity contribution in [1.82, 2.24) is 0 Å². The molecule has 1 unspecified atom stereocenters. The van der Waals surface area contributed by atoms with E-state index in [0.717, 1.165) is 6.42 Å². The number of allylic oxidation sites excluding steroid dienone is 4. The molecule has 0 N–H and O–H groups in total. The first-order valence-corrected chi connectivity index (χ1v) is 18.3. The molecule has 0 saturated carbocycles. The van der Waals surface area contributed by atoms with Crippen LogP contribution in [0.1, 0.15) is 104 Å². The SMILES string of the molecule is CC(C)(C)c1ccc2c(c1)[cH-]c1cc(C(C)(C)C)ccc12.CCC1=[C-]C(CC)C=C1CC.[Cl-].[Cl-].[Zr+2]=[C](c1ccccc1)c1ccccc1. The molecule has 1 aliphatic carbocycles. The second-order valence-electron chi connectivity index (χ2n) is 14.4. The van der Waals surface area contributed by atoms with Crippen molar-refractivity contribution in [2.24, 2.45) is 5.92 Å². The average molecular weight is 755 g/mol. The molecule has 0 amide bonds. The van der Waals surface area contributed by atoms with Gasteiger partial charge >= 0.3 is 99.2 Å². The first kappa shape index (κ1) is 41.7. The molecule has 0 spiro atoms. The standard InChI is InChI=1S/C21H25.C13H10.C11H17.2ClH.Zr/c1-20(2,3)16-7-9-18-14(12-16)11-15-13-17(21(4,5)6)8-10-19(15)18;1-3-7-12(8-4-1)11-13-9-5-2-6-10-13;1-4-9-7-10(5-2)11(6-3)8-9;;;/h7-13H,1-6H3;1-10H;7,9H,4-6H2,1-3H3;2*1H;/q-1;;-1;;;+2/p-2. The zero-order valence-electron chi connectivity index (χ0n) is 30.3. The first-order chi connectivity index (χ1) is 21.8. The van der Waals surface area contributed by atoms with Crippen molar-refractivity contribution < 1.29 is 49.0 Å².